The molecule has 1 aliphatic heterocycles. The van der Waals surface area contributed by atoms with Crippen LogP contribution in [0.4, 0.5) is 0 Å². The lowest BCUT2D eigenvalue weighted by molar-refractivity contribution is -0.140. The summed E-state index contributed by atoms with van der Waals surface area (Å²) in [5.74, 6) is 0.935. The summed E-state index contributed by atoms with van der Waals surface area (Å²) >= 11 is 3.51. The molecule has 1 N–H and O–H groups in total. The van der Waals surface area contributed by atoms with Crippen molar-refractivity contribution in [3.63, 3.8) is 0 Å². The third kappa shape index (κ3) is 8.66. The highest BCUT2D eigenvalue weighted by atomic mass is 79.9. The molecule has 4 rings (SSSR count). The van der Waals surface area contributed by atoms with Crippen molar-refractivity contribution in [2.45, 2.75) is 65.2 Å². The predicted molar refractivity (Wildman–Crippen MR) is 168 cm³/mol. The smallest absolute Gasteiger partial charge is 0.251 e. The largest absolute Gasteiger partial charge is 0.497 e. The highest BCUT2D eigenvalue weighted by Gasteiger charge is 2.31. The molecular formula is C34H42BrN3O3. The van der Waals surface area contributed by atoms with Gasteiger partial charge in [0, 0.05) is 54.7 Å². The van der Waals surface area contributed by atoms with Crippen LogP contribution in [0, 0.1) is 5.92 Å². The normalized spacial score (nSPS) is 14.2. The van der Waals surface area contributed by atoms with E-state index in [2.05, 4.69) is 69.2 Å². The van der Waals surface area contributed by atoms with Crippen LogP contribution in [0.15, 0.2) is 77.3 Å². The number of hydrogen-bond acceptors (Lipinski definition) is 4. The van der Waals surface area contributed by atoms with Gasteiger partial charge in [0.2, 0.25) is 5.91 Å². The Bertz CT molecular complexity index is 1270. The maximum absolute atomic E-state index is 13.7. The highest BCUT2D eigenvalue weighted by molar-refractivity contribution is 9.10. The first-order chi connectivity index (χ1) is 19.9. The van der Waals surface area contributed by atoms with Gasteiger partial charge in [-0.1, -0.05) is 66.2 Å². The van der Waals surface area contributed by atoms with Gasteiger partial charge in [0.05, 0.1) is 7.11 Å². The summed E-state index contributed by atoms with van der Waals surface area (Å²) in [6.07, 6.45) is 3.63. The molecule has 2 amide bonds. The van der Waals surface area contributed by atoms with Gasteiger partial charge < -0.3 is 15.0 Å². The number of benzene rings is 3. The predicted octanol–water partition coefficient (Wildman–Crippen LogP) is 6.82. The van der Waals surface area contributed by atoms with Gasteiger partial charge in [-0.2, -0.15) is 0 Å². The minimum absolute atomic E-state index is 0.0393. The van der Waals surface area contributed by atoms with Gasteiger partial charge in [-0.3, -0.25) is 14.5 Å². The lowest BCUT2D eigenvalue weighted by atomic mass is 9.96. The number of carbonyl (C=O) groups is 2. The highest BCUT2D eigenvalue weighted by Crippen LogP contribution is 2.25. The molecule has 0 atom stereocenters. The van der Waals surface area contributed by atoms with Crippen molar-refractivity contribution in [1.82, 2.24) is 15.1 Å². The molecule has 0 saturated carbocycles. The van der Waals surface area contributed by atoms with Crippen LogP contribution < -0.4 is 10.1 Å². The zero-order valence-corrected chi connectivity index (χ0v) is 26.0. The fraction of sp³-hybridized carbons (Fsp3) is 0.412. The second-order valence-corrected chi connectivity index (χ2v) is 11.8. The Morgan fingerprint density at radius 3 is 2.24 bits per heavy atom. The van der Waals surface area contributed by atoms with E-state index >= 15 is 0 Å². The van der Waals surface area contributed by atoms with Crippen LogP contribution >= 0.6 is 15.9 Å². The van der Waals surface area contributed by atoms with Crippen LogP contribution in [0.3, 0.4) is 0 Å². The van der Waals surface area contributed by atoms with E-state index in [1.165, 1.54) is 5.56 Å². The summed E-state index contributed by atoms with van der Waals surface area (Å²) in [5, 5.41) is 2.98. The Morgan fingerprint density at radius 2 is 1.61 bits per heavy atom. The molecule has 218 valence electrons. The number of nitrogens with zero attached hydrogens (tertiary/aromatic N) is 2. The second-order valence-electron chi connectivity index (χ2n) is 10.8. The summed E-state index contributed by atoms with van der Waals surface area (Å²) in [6, 6.07) is 24.1. The van der Waals surface area contributed by atoms with Crippen LogP contribution in [0.5, 0.6) is 5.75 Å². The van der Waals surface area contributed by atoms with E-state index < -0.39 is 0 Å². The Balaban J connectivity index is 1.38. The SMILES string of the molecule is CCC(CC)C(=O)N(Cc1ccc(C(=O)NCc2cccc(OC)c2)cc1)C1CCN(Cc2ccc(Br)cc2)CC1. The van der Waals surface area contributed by atoms with Gasteiger partial charge >= 0.3 is 0 Å². The quantitative estimate of drug-likeness (QED) is 0.242. The van der Waals surface area contributed by atoms with Crippen molar-refractivity contribution in [2.24, 2.45) is 5.92 Å². The van der Waals surface area contributed by atoms with Gasteiger partial charge in [0.1, 0.15) is 5.75 Å². The van der Waals surface area contributed by atoms with E-state index in [4.69, 9.17) is 4.74 Å². The minimum Gasteiger partial charge on any atom is -0.497 e. The summed E-state index contributed by atoms with van der Waals surface area (Å²) in [7, 11) is 1.63. The number of piperidine rings is 1. The van der Waals surface area contributed by atoms with E-state index in [0.29, 0.717) is 18.7 Å². The number of rotatable bonds is 12. The molecule has 0 aliphatic carbocycles. The molecule has 3 aromatic rings. The molecular weight excluding hydrogens is 578 g/mol. The number of likely N-dealkylation sites (tertiary alicyclic amines) is 1. The summed E-state index contributed by atoms with van der Waals surface area (Å²) in [4.78, 5) is 31.1. The van der Waals surface area contributed by atoms with Gasteiger partial charge in [0.15, 0.2) is 0 Å². The molecule has 7 heteroatoms. The van der Waals surface area contributed by atoms with Crippen molar-refractivity contribution >= 4 is 27.7 Å². The number of nitrogens with one attached hydrogen (secondary N) is 1. The van der Waals surface area contributed by atoms with Crippen LogP contribution in [0.25, 0.3) is 0 Å². The third-order valence-corrected chi connectivity index (χ3v) is 8.62. The van der Waals surface area contributed by atoms with Gasteiger partial charge in [0.25, 0.3) is 5.91 Å². The summed E-state index contributed by atoms with van der Waals surface area (Å²) in [5.41, 5.74) is 3.94. The van der Waals surface area contributed by atoms with Crippen molar-refractivity contribution in [3.05, 3.63) is 99.5 Å². The molecule has 0 unspecified atom stereocenters. The fourth-order valence-corrected chi connectivity index (χ4v) is 5.79. The van der Waals surface area contributed by atoms with Gasteiger partial charge in [-0.25, -0.2) is 0 Å². The Labute approximate surface area is 253 Å². The molecule has 1 saturated heterocycles. The van der Waals surface area contributed by atoms with Crippen molar-refractivity contribution < 1.29 is 14.3 Å². The first-order valence-electron chi connectivity index (χ1n) is 14.7. The Kier molecular flexibility index (Phi) is 11.4. The van der Waals surface area contributed by atoms with Crippen LogP contribution in [0.1, 0.15) is 66.6 Å². The number of halogens is 1. The standard InChI is InChI=1S/C34H42BrN3O3/c1-4-28(5-2)34(40)38(31-17-19-37(20-18-31)23-25-11-15-30(35)16-12-25)24-26-9-13-29(14-10-26)33(39)36-22-27-7-6-8-32(21-27)41-3/h6-16,21,28,31H,4-5,17-20,22-24H2,1-3H3,(H,36,39). The zero-order chi connectivity index (χ0) is 29.2. The first kappa shape index (κ1) is 30.8. The molecule has 1 fully saturated rings. The lowest BCUT2D eigenvalue weighted by Crippen LogP contribution is -2.48. The average molecular weight is 621 g/mol. The number of amides is 2. The van der Waals surface area contributed by atoms with Gasteiger partial charge in [-0.15, -0.1) is 0 Å². The number of hydrogen-bond donors (Lipinski definition) is 1. The number of ether oxygens (including phenoxy) is 1. The number of methoxy groups -OCH3 is 1. The van der Waals surface area contributed by atoms with Crippen molar-refractivity contribution in [1.29, 1.82) is 0 Å². The molecule has 41 heavy (non-hydrogen) atoms. The van der Waals surface area contributed by atoms with E-state index in [0.717, 1.165) is 66.7 Å². The van der Waals surface area contributed by atoms with Gasteiger partial charge in [-0.05, 0) is 78.8 Å². The third-order valence-electron chi connectivity index (χ3n) is 8.09. The summed E-state index contributed by atoms with van der Waals surface area (Å²) in [6.45, 7) is 8.07. The maximum atomic E-state index is 13.7. The molecule has 1 aliphatic rings. The molecule has 0 radical (unpaired) electrons. The zero-order valence-electron chi connectivity index (χ0n) is 24.4. The monoisotopic (exact) mass is 619 g/mol. The topological polar surface area (TPSA) is 61.9 Å². The van der Waals surface area contributed by atoms with Crippen molar-refractivity contribution in [2.75, 3.05) is 20.2 Å². The lowest BCUT2D eigenvalue weighted by Gasteiger charge is -2.40. The molecule has 1 heterocycles. The molecule has 3 aromatic carbocycles. The minimum atomic E-state index is -0.123. The van der Waals surface area contributed by atoms with Crippen LogP contribution in [-0.4, -0.2) is 47.9 Å². The fourth-order valence-electron chi connectivity index (χ4n) is 5.52. The molecule has 6 nitrogen and oxygen atoms in total. The Hall–Kier alpha value is -3.16. The van der Waals surface area contributed by atoms with Crippen LogP contribution in [0.2, 0.25) is 0 Å². The Morgan fingerprint density at radius 1 is 0.951 bits per heavy atom. The van der Waals surface area contributed by atoms with E-state index in [1.807, 2.05) is 48.5 Å². The molecule has 0 aromatic heterocycles. The number of carbonyl (C=O) groups excluding carboxylic acids is 2. The average Bonchev–Trinajstić information content (AvgIpc) is 3.01. The summed E-state index contributed by atoms with van der Waals surface area (Å²) < 4.78 is 6.36. The van der Waals surface area contributed by atoms with E-state index in [-0.39, 0.29) is 23.8 Å². The van der Waals surface area contributed by atoms with E-state index in [9.17, 15) is 9.59 Å². The molecule has 0 spiro atoms. The maximum Gasteiger partial charge on any atom is 0.251 e. The molecule has 0 bridgehead atoms. The van der Waals surface area contributed by atoms with Crippen LogP contribution in [-0.2, 0) is 24.4 Å². The van der Waals surface area contributed by atoms with Crippen molar-refractivity contribution in [3.8, 4) is 5.75 Å². The second kappa shape index (κ2) is 15.2. The first-order valence-corrected chi connectivity index (χ1v) is 15.5. The van der Waals surface area contributed by atoms with E-state index in [1.54, 1.807) is 7.11 Å².